The average Bonchev–Trinajstić information content (AvgIpc) is 2.09. The molecule has 14 heavy (non-hydrogen) atoms. The van der Waals surface area contributed by atoms with Gasteiger partial charge >= 0.3 is 0 Å². The zero-order chi connectivity index (χ0) is 10.4. The molecule has 0 aromatic heterocycles. The molecule has 0 bridgehead atoms. The fourth-order valence-electron chi connectivity index (χ4n) is 2.46. The second kappa shape index (κ2) is 3.19. The van der Waals surface area contributed by atoms with Crippen molar-refractivity contribution in [3.63, 3.8) is 0 Å². The Labute approximate surface area is 85.4 Å². The van der Waals surface area contributed by atoms with Crippen molar-refractivity contribution in [1.82, 2.24) is 0 Å². The fraction of sp³-hybridized carbons (Fsp3) is 1.00. The lowest BCUT2D eigenvalue weighted by Gasteiger charge is -2.52. The molecular formula is C11H20O3. The first-order valence-corrected chi connectivity index (χ1v) is 5.44. The van der Waals surface area contributed by atoms with Crippen molar-refractivity contribution in [2.75, 3.05) is 6.61 Å². The van der Waals surface area contributed by atoms with Crippen LogP contribution in [0.15, 0.2) is 0 Å². The first kappa shape index (κ1) is 10.4. The summed E-state index contributed by atoms with van der Waals surface area (Å²) in [5.41, 5.74) is -0.201. The van der Waals surface area contributed by atoms with E-state index in [1.54, 1.807) is 0 Å². The van der Waals surface area contributed by atoms with Crippen LogP contribution >= 0.6 is 0 Å². The SMILES string of the molecule is CC1(C)OCC2(C)C(O)CCCC2O1. The summed E-state index contributed by atoms with van der Waals surface area (Å²) in [6, 6.07) is 0. The van der Waals surface area contributed by atoms with Crippen molar-refractivity contribution >= 4 is 0 Å². The molecule has 3 unspecified atom stereocenters. The molecular weight excluding hydrogens is 180 g/mol. The molecule has 3 atom stereocenters. The van der Waals surface area contributed by atoms with E-state index in [9.17, 15) is 5.11 Å². The molecule has 1 saturated heterocycles. The van der Waals surface area contributed by atoms with E-state index in [1.165, 1.54) is 0 Å². The largest absolute Gasteiger partial charge is 0.392 e. The van der Waals surface area contributed by atoms with Crippen LogP contribution in [0.1, 0.15) is 40.0 Å². The lowest BCUT2D eigenvalue weighted by Crippen LogP contribution is -2.58. The molecule has 3 heteroatoms. The van der Waals surface area contributed by atoms with Gasteiger partial charge in [0.05, 0.1) is 18.8 Å². The molecule has 1 aliphatic carbocycles. The van der Waals surface area contributed by atoms with Crippen LogP contribution < -0.4 is 0 Å². The Bertz CT molecular complexity index is 227. The molecule has 0 radical (unpaired) electrons. The minimum absolute atomic E-state index is 0.148. The Kier molecular flexibility index (Phi) is 2.37. The van der Waals surface area contributed by atoms with Gasteiger partial charge < -0.3 is 14.6 Å². The average molecular weight is 200 g/mol. The quantitative estimate of drug-likeness (QED) is 0.646. The summed E-state index contributed by atoms with van der Waals surface area (Å²) in [6.45, 7) is 6.55. The lowest BCUT2D eigenvalue weighted by atomic mass is 9.71. The fourth-order valence-corrected chi connectivity index (χ4v) is 2.46. The van der Waals surface area contributed by atoms with Crippen molar-refractivity contribution < 1.29 is 14.6 Å². The van der Waals surface area contributed by atoms with Gasteiger partial charge in [-0.15, -0.1) is 0 Å². The van der Waals surface area contributed by atoms with E-state index in [0.717, 1.165) is 19.3 Å². The van der Waals surface area contributed by atoms with Crippen molar-refractivity contribution in [2.45, 2.75) is 58.0 Å². The molecule has 2 rings (SSSR count). The standard InChI is InChI=1S/C11H20O3/c1-10(2)13-7-11(3)8(12)5-4-6-9(11)14-10/h8-9,12H,4-7H2,1-3H3. The van der Waals surface area contributed by atoms with Gasteiger partial charge in [0, 0.05) is 5.41 Å². The first-order valence-electron chi connectivity index (χ1n) is 5.44. The van der Waals surface area contributed by atoms with E-state index in [1.807, 2.05) is 13.8 Å². The van der Waals surface area contributed by atoms with Crippen molar-refractivity contribution in [2.24, 2.45) is 5.41 Å². The third-order valence-electron chi connectivity index (χ3n) is 3.60. The molecule has 82 valence electrons. The van der Waals surface area contributed by atoms with Gasteiger partial charge in [0.2, 0.25) is 0 Å². The van der Waals surface area contributed by atoms with Crippen LogP contribution in [0.5, 0.6) is 0 Å². The Hall–Kier alpha value is -0.120. The van der Waals surface area contributed by atoms with Gasteiger partial charge in [-0.25, -0.2) is 0 Å². The summed E-state index contributed by atoms with van der Waals surface area (Å²) < 4.78 is 11.5. The molecule has 2 fully saturated rings. The highest BCUT2D eigenvalue weighted by Crippen LogP contribution is 2.44. The number of ether oxygens (including phenoxy) is 2. The second-order valence-corrected chi connectivity index (χ2v) is 5.25. The van der Waals surface area contributed by atoms with Gasteiger partial charge in [-0.3, -0.25) is 0 Å². The van der Waals surface area contributed by atoms with Gasteiger partial charge in [0.15, 0.2) is 5.79 Å². The molecule has 2 aliphatic rings. The monoisotopic (exact) mass is 200 g/mol. The van der Waals surface area contributed by atoms with Gasteiger partial charge in [-0.1, -0.05) is 6.92 Å². The summed E-state index contributed by atoms with van der Waals surface area (Å²) in [4.78, 5) is 0. The third kappa shape index (κ3) is 1.58. The predicted molar refractivity (Wildman–Crippen MR) is 52.9 cm³/mol. The summed E-state index contributed by atoms with van der Waals surface area (Å²) in [7, 11) is 0. The van der Waals surface area contributed by atoms with E-state index >= 15 is 0 Å². The predicted octanol–water partition coefficient (Wildman–Crippen LogP) is 1.69. The molecule has 3 nitrogen and oxygen atoms in total. The molecule has 0 spiro atoms. The highest BCUT2D eigenvalue weighted by molar-refractivity contribution is 4.96. The summed E-state index contributed by atoms with van der Waals surface area (Å²) in [5, 5.41) is 9.97. The second-order valence-electron chi connectivity index (χ2n) is 5.25. The minimum atomic E-state index is -0.485. The van der Waals surface area contributed by atoms with Crippen molar-refractivity contribution in [1.29, 1.82) is 0 Å². The Morgan fingerprint density at radius 2 is 1.93 bits per heavy atom. The van der Waals surface area contributed by atoms with Crippen molar-refractivity contribution in [3.8, 4) is 0 Å². The van der Waals surface area contributed by atoms with Gasteiger partial charge in [0.1, 0.15) is 0 Å². The van der Waals surface area contributed by atoms with E-state index in [0.29, 0.717) is 6.61 Å². The number of aliphatic hydroxyl groups excluding tert-OH is 1. The maximum Gasteiger partial charge on any atom is 0.163 e. The normalized spacial score (nSPS) is 47.1. The number of hydrogen-bond acceptors (Lipinski definition) is 3. The summed E-state index contributed by atoms with van der Waals surface area (Å²) in [6.07, 6.45) is 2.84. The number of rotatable bonds is 0. The number of hydrogen-bond donors (Lipinski definition) is 1. The van der Waals surface area contributed by atoms with E-state index in [4.69, 9.17) is 9.47 Å². The number of aliphatic hydroxyl groups is 1. The lowest BCUT2D eigenvalue weighted by molar-refractivity contribution is -0.335. The van der Waals surface area contributed by atoms with Gasteiger partial charge in [0.25, 0.3) is 0 Å². The van der Waals surface area contributed by atoms with Crippen LogP contribution in [0.4, 0.5) is 0 Å². The van der Waals surface area contributed by atoms with E-state index in [-0.39, 0.29) is 17.6 Å². The molecule has 1 N–H and O–H groups in total. The third-order valence-corrected chi connectivity index (χ3v) is 3.60. The van der Waals surface area contributed by atoms with Crippen LogP contribution in [0.3, 0.4) is 0 Å². The molecule has 0 amide bonds. The maximum atomic E-state index is 9.97. The molecule has 1 heterocycles. The highest BCUT2D eigenvalue weighted by atomic mass is 16.7. The van der Waals surface area contributed by atoms with Crippen LogP contribution in [-0.4, -0.2) is 29.7 Å². The smallest absolute Gasteiger partial charge is 0.163 e. The Balaban J connectivity index is 2.16. The van der Waals surface area contributed by atoms with Gasteiger partial charge in [-0.05, 0) is 33.1 Å². The maximum absolute atomic E-state index is 9.97. The van der Waals surface area contributed by atoms with Crippen molar-refractivity contribution in [3.05, 3.63) is 0 Å². The minimum Gasteiger partial charge on any atom is -0.392 e. The zero-order valence-corrected chi connectivity index (χ0v) is 9.25. The molecule has 1 aliphatic heterocycles. The van der Waals surface area contributed by atoms with Gasteiger partial charge in [-0.2, -0.15) is 0 Å². The zero-order valence-electron chi connectivity index (χ0n) is 9.25. The summed E-state index contributed by atoms with van der Waals surface area (Å²) in [5.74, 6) is -0.485. The Morgan fingerprint density at radius 1 is 1.21 bits per heavy atom. The van der Waals surface area contributed by atoms with Crippen LogP contribution in [-0.2, 0) is 9.47 Å². The van der Waals surface area contributed by atoms with Crippen LogP contribution in [0.2, 0.25) is 0 Å². The summed E-state index contributed by atoms with van der Waals surface area (Å²) >= 11 is 0. The topological polar surface area (TPSA) is 38.7 Å². The molecule has 0 aromatic carbocycles. The number of fused-ring (bicyclic) bond motifs is 1. The first-order chi connectivity index (χ1) is 6.44. The molecule has 0 aromatic rings. The van der Waals surface area contributed by atoms with E-state index < -0.39 is 5.79 Å². The van der Waals surface area contributed by atoms with E-state index in [2.05, 4.69) is 6.92 Å². The van der Waals surface area contributed by atoms with Crippen LogP contribution in [0, 0.1) is 5.41 Å². The highest BCUT2D eigenvalue weighted by Gasteiger charge is 2.50. The molecule has 1 saturated carbocycles. The Morgan fingerprint density at radius 3 is 2.64 bits per heavy atom. The van der Waals surface area contributed by atoms with Crippen LogP contribution in [0.25, 0.3) is 0 Å².